The van der Waals surface area contributed by atoms with Crippen LogP contribution in [0.2, 0.25) is 5.02 Å². The van der Waals surface area contributed by atoms with Crippen LogP contribution in [-0.2, 0) is 20.9 Å². The highest BCUT2D eigenvalue weighted by Gasteiger charge is 2.27. The molecule has 2 aromatic carbocycles. The fourth-order valence-electron chi connectivity index (χ4n) is 3.13. The molecular weight excluding hydrogens is 448 g/mol. The summed E-state index contributed by atoms with van der Waals surface area (Å²) in [5, 5.41) is 3.66. The number of rotatable bonds is 7. The Morgan fingerprint density at radius 3 is 2.34 bits per heavy atom. The molecule has 32 heavy (non-hydrogen) atoms. The lowest BCUT2D eigenvalue weighted by Crippen LogP contribution is -2.47. The average molecular weight is 473 g/mol. The summed E-state index contributed by atoms with van der Waals surface area (Å²) in [6, 6.07) is 17.0. The van der Waals surface area contributed by atoms with E-state index in [9.17, 15) is 14.4 Å². The number of ether oxygens (including phenoxy) is 1. The van der Waals surface area contributed by atoms with Gasteiger partial charge in [0.05, 0.1) is 5.02 Å². The molecule has 0 aliphatic carbocycles. The molecule has 0 radical (unpaired) electrons. The third-order valence-corrected chi connectivity index (χ3v) is 6.46. The highest BCUT2D eigenvalue weighted by Crippen LogP contribution is 2.34. The monoisotopic (exact) mass is 472 g/mol. The smallest absolute Gasteiger partial charge is 0.325 e. The SMILES string of the molecule is CC(C)(C)N(Cc1ccccc1)C(=O)COC(=O)CNC(=O)c1sc2ccccc2c1Cl. The van der Waals surface area contributed by atoms with Crippen LogP contribution in [-0.4, -0.2) is 41.4 Å². The van der Waals surface area contributed by atoms with Crippen molar-refractivity contribution in [3.63, 3.8) is 0 Å². The van der Waals surface area contributed by atoms with Gasteiger partial charge in [0.25, 0.3) is 11.8 Å². The zero-order chi connectivity index (χ0) is 23.3. The molecule has 3 aromatic rings. The van der Waals surface area contributed by atoms with Crippen molar-refractivity contribution in [2.24, 2.45) is 0 Å². The van der Waals surface area contributed by atoms with Gasteiger partial charge in [-0.3, -0.25) is 14.4 Å². The Kier molecular flexibility index (Phi) is 7.53. The van der Waals surface area contributed by atoms with E-state index in [2.05, 4.69) is 5.32 Å². The first-order valence-electron chi connectivity index (χ1n) is 10.1. The standard InChI is InChI=1S/C24H25ClN2O4S/c1-24(2,3)27(14-16-9-5-4-6-10-16)19(28)15-31-20(29)13-26-23(30)22-21(25)17-11-7-8-12-18(17)32-22/h4-12H,13-15H2,1-3H3,(H,26,30). The minimum atomic E-state index is -0.697. The van der Waals surface area contributed by atoms with E-state index in [-0.39, 0.29) is 12.5 Å². The van der Waals surface area contributed by atoms with Gasteiger partial charge in [-0.1, -0.05) is 60.1 Å². The molecule has 1 aromatic heterocycles. The van der Waals surface area contributed by atoms with Gasteiger partial charge in [-0.2, -0.15) is 0 Å². The molecule has 0 saturated heterocycles. The van der Waals surface area contributed by atoms with E-state index in [1.807, 2.05) is 75.4 Å². The van der Waals surface area contributed by atoms with Gasteiger partial charge >= 0.3 is 5.97 Å². The van der Waals surface area contributed by atoms with Crippen molar-refractivity contribution in [1.82, 2.24) is 10.2 Å². The van der Waals surface area contributed by atoms with Gasteiger partial charge in [-0.15, -0.1) is 11.3 Å². The Morgan fingerprint density at radius 2 is 1.69 bits per heavy atom. The predicted octanol–water partition coefficient (Wildman–Crippen LogP) is 4.66. The van der Waals surface area contributed by atoms with E-state index in [0.717, 1.165) is 15.6 Å². The maximum absolute atomic E-state index is 12.7. The van der Waals surface area contributed by atoms with E-state index in [0.29, 0.717) is 16.4 Å². The van der Waals surface area contributed by atoms with E-state index in [1.54, 1.807) is 4.90 Å². The lowest BCUT2D eigenvalue weighted by Gasteiger charge is -2.35. The fourth-order valence-corrected chi connectivity index (χ4v) is 4.56. The third-order valence-electron chi connectivity index (χ3n) is 4.79. The van der Waals surface area contributed by atoms with Crippen molar-refractivity contribution in [3.8, 4) is 0 Å². The molecule has 168 valence electrons. The second-order valence-electron chi connectivity index (χ2n) is 8.22. The normalized spacial score (nSPS) is 11.2. The number of benzene rings is 2. The second kappa shape index (κ2) is 10.1. The van der Waals surface area contributed by atoms with Crippen molar-refractivity contribution in [3.05, 3.63) is 70.1 Å². The topological polar surface area (TPSA) is 75.7 Å². The van der Waals surface area contributed by atoms with Gasteiger partial charge in [0, 0.05) is 22.2 Å². The molecule has 0 spiro atoms. The largest absolute Gasteiger partial charge is 0.454 e. The number of nitrogens with zero attached hydrogens (tertiary/aromatic N) is 1. The number of thiophene rings is 1. The van der Waals surface area contributed by atoms with Gasteiger partial charge in [0.15, 0.2) is 6.61 Å². The molecule has 1 heterocycles. The van der Waals surface area contributed by atoms with Gasteiger partial charge in [-0.05, 0) is 32.4 Å². The molecule has 0 unspecified atom stereocenters. The zero-order valence-electron chi connectivity index (χ0n) is 18.2. The molecule has 8 heteroatoms. The number of carbonyl (C=O) groups excluding carboxylic acids is 3. The highest BCUT2D eigenvalue weighted by atomic mass is 35.5. The molecule has 6 nitrogen and oxygen atoms in total. The number of hydrogen-bond acceptors (Lipinski definition) is 5. The Hall–Kier alpha value is -2.90. The molecule has 0 fully saturated rings. The number of nitrogens with one attached hydrogen (secondary N) is 1. The highest BCUT2D eigenvalue weighted by molar-refractivity contribution is 7.21. The quantitative estimate of drug-likeness (QED) is 0.507. The molecule has 1 N–H and O–H groups in total. The van der Waals surface area contributed by atoms with Gasteiger partial charge in [0.1, 0.15) is 11.4 Å². The lowest BCUT2D eigenvalue weighted by atomic mass is 10.0. The summed E-state index contributed by atoms with van der Waals surface area (Å²) in [4.78, 5) is 39.3. The predicted molar refractivity (Wildman–Crippen MR) is 127 cm³/mol. The number of esters is 1. The number of halogens is 1. The molecule has 3 rings (SSSR count). The van der Waals surface area contributed by atoms with Gasteiger partial charge < -0.3 is 15.0 Å². The molecule has 0 atom stereocenters. The van der Waals surface area contributed by atoms with Crippen molar-refractivity contribution < 1.29 is 19.1 Å². The molecule has 0 aliphatic rings. The van der Waals surface area contributed by atoms with E-state index >= 15 is 0 Å². The van der Waals surface area contributed by atoms with Crippen LogP contribution in [0, 0.1) is 0 Å². The zero-order valence-corrected chi connectivity index (χ0v) is 19.8. The van der Waals surface area contributed by atoms with Crippen LogP contribution in [0.25, 0.3) is 10.1 Å². The molecule has 0 saturated carbocycles. The average Bonchev–Trinajstić information content (AvgIpc) is 3.11. The van der Waals surface area contributed by atoms with Crippen LogP contribution in [0.3, 0.4) is 0 Å². The Balaban J connectivity index is 1.54. The van der Waals surface area contributed by atoms with E-state index in [4.69, 9.17) is 16.3 Å². The van der Waals surface area contributed by atoms with Gasteiger partial charge in [0.2, 0.25) is 0 Å². The van der Waals surface area contributed by atoms with Gasteiger partial charge in [-0.25, -0.2) is 0 Å². The van der Waals surface area contributed by atoms with Crippen LogP contribution < -0.4 is 5.32 Å². The summed E-state index contributed by atoms with van der Waals surface area (Å²) in [7, 11) is 0. The second-order valence-corrected chi connectivity index (χ2v) is 9.65. The van der Waals surface area contributed by atoms with Crippen LogP contribution in [0.4, 0.5) is 0 Å². The Labute approximate surface area is 196 Å². The van der Waals surface area contributed by atoms with Crippen molar-refractivity contribution in [2.75, 3.05) is 13.2 Å². The minimum absolute atomic E-state index is 0.311. The van der Waals surface area contributed by atoms with Crippen molar-refractivity contribution >= 4 is 50.8 Å². The summed E-state index contributed by atoms with van der Waals surface area (Å²) in [6.45, 7) is 5.41. The number of amides is 2. The summed E-state index contributed by atoms with van der Waals surface area (Å²) >= 11 is 7.55. The van der Waals surface area contributed by atoms with E-state index in [1.165, 1.54) is 11.3 Å². The Bertz CT molecular complexity index is 1120. The molecular formula is C24H25ClN2O4S. The number of hydrogen-bond donors (Lipinski definition) is 1. The maximum atomic E-state index is 12.7. The third kappa shape index (κ3) is 5.87. The van der Waals surface area contributed by atoms with Crippen LogP contribution >= 0.6 is 22.9 Å². The summed E-state index contributed by atoms with van der Waals surface area (Å²) in [6.07, 6.45) is 0. The van der Waals surface area contributed by atoms with Crippen LogP contribution in [0.1, 0.15) is 36.0 Å². The Morgan fingerprint density at radius 1 is 1.03 bits per heavy atom. The maximum Gasteiger partial charge on any atom is 0.325 e. The van der Waals surface area contributed by atoms with E-state index < -0.39 is 24.0 Å². The number of fused-ring (bicyclic) bond motifs is 1. The first-order chi connectivity index (χ1) is 15.2. The minimum Gasteiger partial charge on any atom is -0.454 e. The van der Waals surface area contributed by atoms with Crippen molar-refractivity contribution in [2.45, 2.75) is 32.9 Å². The molecule has 2 amide bonds. The molecule has 0 aliphatic heterocycles. The molecule has 0 bridgehead atoms. The van der Waals surface area contributed by atoms with Crippen molar-refractivity contribution in [1.29, 1.82) is 0 Å². The summed E-state index contributed by atoms with van der Waals surface area (Å²) in [5.74, 6) is -1.47. The first kappa shape index (κ1) is 23.8. The van der Waals surface area contributed by atoms with Crippen LogP contribution in [0.5, 0.6) is 0 Å². The fraction of sp³-hybridized carbons (Fsp3) is 0.292. The number of carbonyl (C=O) groups is 3. The summed E-state index contributed by atoms with van der Waals surface area (Å²) < 4.78 is 6.00. The first-order valence-corrected chi connectivity index (χ1v) is 11.3. The lowest BCUT2D eigenvalue weighted by molar-refractivity contribution is -0.153. The summed E-state index contributed by atoms with van der Waals surface area (Å²) in [5.41, 5.74) is 0.528. The van der Waals surface area contributed by atoms with Crippen LogP contribution in [0.15, 0.2) is 54.6 Å².